The maximum atomic E-state index is 5.63. The Balaban J connectivity index is 2.35. The quantitative estimate of drug-likeness (QED) is 0.884. The molecule has 4 heteroatoms. The van der Waals surface area contributed by atoms with Crippen molar-refractivity contribution in [2.45, 2.75) is 26.7 Å². The van der Waals surface area contributed by atoms with Gasteiger partial charge in [0.2, 0.25) is 0 Å². The van der Waals surface area contributed by atoms with Gasteiger partial charge < -0.3 is 11.5 Å². The Morgan fingerprint density at radius 3 is 1.56 bits per heavy atom. The topological polar surface area (TPSA) is 52.0 Å². The Kier molecular flexibility index (Phi) is 4.56. The highest BCUT2D eigenvalue weighted by Crippen LogP contribution is 2.39. The van der Waals surface area contributed by atoms with Crippen LogP contribution in [0.25, 0.3) is 9.75 Å². The van der Waals surface area contributed by atoms with Gasteiger partial charge in [-0.3, -0.25) is 0 Å². The largest absolute Gasteiger partial charge is 0.330 e. The lowest BCUT2D eigenvalue weighted by molar-refractivity contribution is 0.988. The fraction of sp³-hybridized carbons (Fsp3) is 0.429. The zero-order valence-corrected chi connectivity index (χ0v) is 12.6. The molecule has 0 unspecified atom stereocenters. The number of aryl methyl sites for hydroxylation is 2. The van der Waals surface area contributed by atoms with Crippen molar-refractivity contribution in [3.8, 4) is 9.75 Å². The van der Waals surface area contributed by atoms with Crippen LogP contribution in [0, 0.1) is 13.8 Å². The second-order valence-electron chi connectivity index (χ2n) is 4.53. The fourth-order valence-electron chi connectivity index (χ4n) is 2.08. The number of hydrogen-bond acceptors (Lipinski definition) is 4. The monoisotopic (exact) mass is 280 g/mol. The van der Waals surface area contributed by atoms with Gasteiger partial charge in [-0.1, -0.05) is 0 Å². The molecule has 0 bridgehead atoms. The van der Waals surface area contributed by atoms with Crippen LogP contribution in [0.1, 0.15) is 20.9 Å². The molecule has 2 heterocycles. The molecule has 0 fully saturated rings. The molecule has 0 saturated carbocycles. The van der Waals surface area contributed by atoms with Crippen molar-refractivity contribution in [1.82, 2.24) is 0 Å². The zero-order chi connectivity index (χ0) is 13.1. The Bertz CT molecular complexity index is 478. The molecule has 0 amide bonds. The third-order valence-electron chi connectivity index (χ3n) is 2.93. The van der Waals surface area contributed by atoms with E-state index in [2.05, 4.69) is 26.0 Å². The van der Waals surface area contributed by atoms with Crippen LogP contribution in [0.15, 0.2) is 12.1 Å². The summed E-state index contributed by atoms with van der Waals surface area (Å²) in [6.07, 6.45) is 1.96. The third kappa shape index (κ3) is 2.83. The van der Waals surface area contributed by atoms with Gasteiger partial charge in [-0.2, -0.15) is 0 Å². The van der Waals surface area contributed by atoms with E-state index in [-0.39, 0.29) is 0 Å². The van der Waals surface area contributed by atoms with Crippen molar-refractivity contribution in [3.05, 3.63) is 33.0 Å². The van der Waals surface area contributed by atoms with Crippen LogP contribution in [0.3, 0.4) is 0 Å². The minimum absolute atomic E-state index is 0.723. The van der Waals surface area contributed by atoms with E-state index in [0.717, 1.165) is 25.9 Å². The highest BCUT2D eigenvalue weighted by atomic mass is 32.1. The summed E-state index contributed by atoms with van der Waals surface area (Å²) >= 11 is 3.76. The maximum absolute atomic E-state index is 5.63. The Labute approximate surface area is 117 Å². The van der Waals surface area contributed by atoms with Crippen LogP contribution in [-0.4, -0.2) is 13.1 Å². The highest BCUT2D eigenvalue weighted by Gasteiger charge is 2.13. The van der Waals surface area contributed by atoms with Crippen molar-refractivity contribution in [2.24, 2.45) is 11.5 Å². The summed E-state index contributed by atoms with van der Waals surface area (Å²) in [5.74, 6) is 0. The van der Waals surface area contributed by atoms with E-state index in [1.54, 1.807) is 0 Å². The summed E-state index contributed by atoms with van der Waals surface area (Å²) in [5, 5.41) is 0. The van der Waals surface area contributed by atoms with Gasteiger partial charge in [0.05, 0.1) is 0 Å². The predicted octanol–water partition coefficient (Wildman–Crippen LogP) is 3.10. The highest BCUT2D eigenvalue weighted by molar-refractivity contribution is 7.22. The maximum Gasteiger partial charge on any atom is 0.0477 e. The SMILES string of the molecule is Cc1cc(CCN)sc1-c1sc(CCN)cc1C. The minimum Gasteiger partial charge on any atom is -0.330 e. The van der Waals surface area contributed by atoms with Gasteiger partial charge in [-0.25, -0.2) is 0 Å². The van der Waals surface area contributed by atoms with Crippen molar-refractivity contribution in [2.75, 3.05) is 13.1 Å². The third-order valence-corrected chi connectivity index (χ3v) is 5.68. The predicted molar refractivity (Wildman–Crippen MR) is 82.6 cm³/mol. The summed E-state index contributed by atoms with van der Waals surface area (Å²) in [5.41, 5.74) is 14.0. The molecule has 4 N–H and O–H groups in total. The lowest BCUT2D eigenvalue weighted by atomic mass is 10.2. The molecule has 0 atom stereocenters. The van der Waals surface area contributed by atoms with Crippen LogP contribution in [0.5, 0.6) is 0 Å². The van der Waals surface area contributed by atoms with Gasteiger partial charge in [0.15, 0.2) is 0 Å². The molecule has 0 aliphatic rings. The standard InChI is InChI=1S/C14H20N2S2/c1-9-7-11(3-5-15)17-13(9)14-10(2)8-12(18-14)4-6-16/h7-8H,3-6,15-16H2,1-2H3. The first-order valence-electron chi connectivity index (χ1n) is 6.24. The van der Waals surface area contributed by atoms with Crippen molar-refractivity contribution >= 4 is 22.7 Å². The Morgan fingerprint density at radius 2 is 1.22 bits per heavy atom. The van der Waals surface area contributed by atoms with E-state index in [4.69, 9.17) is 11.5 Å². The van der Waals surface area contributed by atoms with Gasteiger partial charge in [0, 0.05) is 19.5 Å². The van der Waals surface area contributed by atoms with Gasteiger partial charge in [-0.15, -0.1) is 22.7 Å². The van der Waals surface area contributed by atoms with Gasteiger partial charge in [0.25, 0.3) is 0 Å². The normalized spacial score (nSPS) is 11.1. The van der Waals surface area contributed by atoms with E-state index in [0.29, 0.717) is 0 Å². The molecule has 0 spiro atoms. The summed E-state index contributed by atoms with van der Waals surface area (Å²) in [7, 11) is 0. The first kappa shape index (κ1) is 13.7. The lowest BCUT2D eigenvalue weighted by Gasteiger charge is -1.97. The van der Waals surface area contributed by atoms with Crippen LogP contribution >= 0.6 is 22.7 Å². The second kappa shape index (κ2) is 5.97. The average molecular weight is 280 g/mol. The molecule has 2 rings (SSSR count). The molecule has 2 nitrogen and oxygen atoms in total. The first-order chi connectivity index (χ1) is 8.65. The molecular formula is C14H20N2S2. The van der Waals surface area contributed by atoms with Crippen LogP contribution in [-0.2, 0) is 12.8 Å². The Morgan fingerprint density at radius 1 is 0.833 bits per heavy atom. The van der Waals surface area contributed by atoms with Crippen LogP contribution in [0.2, 0.25) is 0 Å². The molecule has 98 valence electrons. The van der Waals surface area contributed by atoms with Crippen molar-refractivity contribution in [3.63, 3.8) is 0 Å². The van der Waals surface area contributed by atoms with Gasteiger partial charge in [-0.05, 0) is 63.0 Å². The molecule has 0 radical (unpaired) electrons. The molecule has 18 heavy (non-hydrogen) atoms. The number of nitrogens with two attached hydrogens (primary N) is 2. The van der Waals surface area contributed by atoms with E-state index in [1.807, 2.05) is 22.7 Å². The summed E-state index contributed by atoms with van der Waals surface area (Å²) in [6, 6.07) is 4.54. The zero-order valence-electron chi connectivity index (χ0n) is 11.0. The minimum atomic E-state index is 0.723. The fourth-order valence-corrected chi connectivity index (χ4v) is 4.71. The van der Waals surface area contributed by atoms with Gasteiger partial charge in [0.1, 0.15) is 0 Å². The summed E-state index contributed by atoms with van der Waals surface area (Å²) < 4.78 is 0. The van der Waals surface area contributed by atoms with Crippen molar-refractivity contribution < 1.29 is 0 Å². The average Bonchev–Trinajstić information content (AvgIpc) is 2.83. The Hall–Kier alpha value is -0.680. The van der Waals surface area contributed by atoms with Crippen LogP contribution in [0.4, 0.5) is 0 Å². The molecular weight excluding hydrogens is 260 g/mol. The van der Waals surface area contributed by atoms with E-state index in [1.165, 1.54) is 30.6 Å². The summed E-state index contributed by atoms with van der Waals surface area (Å²) in [4.78, 5) is 5.59. The molecule has 0 aliphatic heterocycles. The van der Waals surface area contributed by atoms with E-state index >= 15 is 0 Å². The molecule has 0 saturated heterocycles. The van der Waals surface area contributed by atoms with Gasteiger partial charge >= 0.3 is 0 Å². The number of thiophene rings is 2. The van der Waals surface area contributed by atoms with Crippen LogP contribution < -0.4 is 11.5 Å². The molecule has 0 aromatic carbocycles. The second-order valence-corrected chi connectivity index (χ2v) is 6.80. The molecule has 0 aliphatic carbocycles. The van der Waals surface area contributed by atoms with E-state index < -0.39 is 0 Å². The molecule has 2 aromatic rings. The molecule has 2 aromatic heterocycles. The first-order valence-corrected chi connectivity index (χ1v) is 7.88. The van der Waals surface area contributed by atoms with Crippen molar-refractivity contribution in [1.29, 1.82) is 0 Å². The lowest BCUT2D eigenvalue weighted by Crippen LogP contribution is -2.00. The summed E-state index contributed by atoms with van der Waals surface area (Å²) in [6.45, 7) is 5.82. The smallest absolute Gasteiger partial charge is 0.0477 e. The number of rotatable bonds is 5. The van der Waals surface area contributed by atoms with E-state index in [9.17, 15) is 0 Å². The number of hydrogen-bond donors (Lipinski definition) is 2.